The molecule has 0 aromatic rings. The van der Waals surface area contributed by atoms with Gasteiger partial charge in [-0.1, -0.05) is 26.2 Å². The van der Waals surface area contributed by atoms with E-state index >= 15 is 0 Å². The summed E-state index contributed by atoms with van der Waals surface area (Å²) in [6.45, 7) is 4.72. The molecule has 2 saturated heterocycles. The molecule has 2 N–H and O–H groups in total. The summed E-state index contributed by atoms with van der Waals surface area (Å²) in [5.74, 6) is 0.831. The predicted octanol–water partition coefficient (Wildman–Crippen LogP) is 2.92. The zero-order valence-corrected chi connectivity index (χ0v) is 13.8. The van der Waals surface area contributed by atoms with Crippen LogP contribution in [-0.4, -0.2) is 47.3 Å². The Morgan fingerprint density at radius 3 is 2.43 bits per heavy atom. The maximum atomic E-state index is 9.99. The van der Waals surface area contributed by atoms with Crippen molar-refractivity contribution >= 4 is 0 Å². The van der Waals surface area contributed by atoms with E-state index in [4.69, 9.17) is 0 Å². The molecule has 4 unspecified atom stereocenters. The van der Waals surface area contributed by atoms with E-state index in [9.17, 15) is 5.11 Å². The van der Waals surface area contributed by atoms with E-state index in [1.165, 1.54) is 64.5 Å². The molecule has 3 aliphatic rings. The molecule has 0 aromatic carbocycles. The van der Waals surface area contributed by atoms with Gasteiger partial charge in [0, 0.05) is 24.7 Å². The summed E-state index contributed by atoms with van der Waals surface area (Å²) >= 11 is 0. The molecule has 3 nitrogen and oxygen atoms in total. The fourth-order valence-corrected chi connectivity index (χ4v) is 5.02. The van der Waals surface area contributed by atoms with Gasteiger partial charge in [-0.3, -0.25) is 4.90 Å². The largest absolute Gasteiger partial charge is 0.393 e. The minimum absolute atomic E-state index is 0.0260. The predicted molar refractivity (Wildman–Crippen MR) is 87.4 cm³/mol. The molecule has 122 valence electrons. The Kier molecular flexibility index (Phi) is 5.58. The first-order valence-corrected chi connectivity index (χ1v) is 9.45. The van der Waals surface area contributed by atoms with Gasteiger partial charge in [0.1, 0.15) is 0 Å². The van der Waals surface area contributed by atoms with Crippen LogP contribution in [0.25, 0.3) is 0 Å². The summed E-state index contributed by atoms with van der Waals surface area (Å²) < 4.78 is 0. The van der Waals surface area contributed by atoms with Crippen molar-refractivity contribution in [2.45, 2.75) is 95.4 Å². The van der Waals surface area contributed by atoms with Crippen LogP contribution in [0.3, 0.4) is 0 Å². The number of hydrogen-bond acceptors (Lipinski definition) is 3. The van der Waals surface area contributed by atoms with E-state index in [0.717, 1.165) is 24.8 Å². The molecule has 0 spiro atoms. The van der Waals surface area contributed by atoms with Crippen LogP contribution in [0.1, 0.15) is 71.1 Å². The van der Waals surface area contributed by atoms with E-state index in [0.29, 0.717) is 12.1 Å². The number of hydrogen-bond donors (Lipinski definition) is 2. The van der Waals surface area contributed by atoms with Crippen molar-refractivity contribution in [2.75, 3.05) is 13.1 Å². The molecule has 3 heteroatoms. The van der Waals surface area contributed by atoms with Gasteiger partial charge in [-0.25, -0.2) is 0 Å². The average Bonchev–Trinajstić information content (AvgIpc) is 2.67. The van der Waals surface area contributed by atoms with Crippen molar-refractivity contribution in [3.63, 3.8) is 0 Å². The highest BCUT2D eigenvalue weighted by molar-refractivity contribution is 4.97. The maximum Gasteiger partial charge on any atom is 0.0570 e. The van der Waals surface area contributed by atoms with Crippen molar-refractivity contribution in [1.29, 1.82) is 0 Å². The van der Waals surface area contributed by atoms with Crippen LogP contribution >= 0.6 is 0 Å². The lowest BCUT2D eigenvalue weighted by atomic mass is 9.91. The number of aliphatic hydroxyl groups excluding tert-OH is 1. The number of piperidine rings is 1. The van der Waals surface area contributed by atoms with Gasteiger partial charge in [0.25, 0.3) is 0 Å². The zero-order chi connectivity index (χ0) is 14.7. The number of nitrogens with zero attached hydrogens (tertiary/aromatic N) is 1. The highest BCUT2D eigenvalue weighted by Gasteiger charge is 2.41. The smallest absolute Gasteiger partial charge is 0.0570 e. The molecular formula is C18H34N2O. The van der Waals surface area contributed by atoms with Gasteiger partial charge in [0.2, 0.25) is 0 Å². The van der Waals surface area contributed by atoms with Crippen LogP contribution in [0.2, 0.25) is 0 Å². The van der Waals surface area contributed by atoms with Gasteiger partial charge < -0.3 is 10.4 Å². The van der Waals surface area contributed by atoms with E-state index in [2.05, 4.69) is 17.1 Å². The number of rotatable bonds is 5. The lowest BCUT2D eigenvalue weighted by Crippen LogP contribution is -2.50. The molecule has 2 bridgehead atoms. The van der Waals surface area contributed by atoms with Gasteiger partial charge in [0.05, 0.1) is 6.10 Å². The number of nitrogens with one attached hydrogen (secondary N) is 1. The Balaban J connectivity index is 1.61. The second-order valence-electron chi connectivity index (χ2n) is 7.67. The Labute approximate surface area is 130 Å². The molecule has 3 fully saturated rings. The summed E-state index contributed by atoms with van der Waals surface area (Å²) in [7, 11) is 0. The summed E-state index contributed by atoms with van der Waals surface area (Å²) in [4.78, 5) is 2.78. The van der Waals surface area contributed by atoms with Crippen LogP contribution < -0.4 is 5.32 Å². The first-order chi connectivity index (χ1) is 10.3. The summed E-state index contributed by atoms with van der Waals surface area (Å²) in [5.41, 5.74) is 0. The summed E-state index contributed by atoms with van der Waals surface area (Å²) in [6.07, 6.45) is 12.9. The van der Waals surface area contributed by atoms with E-state index in [1.807, 2.05) is 0 Å². The second-order valence-corrected chi connectivity index (χ2v) is 7.67. The molecule has 1 aliphatic carbocycles. The maximum absolute atomic E-state index is 9.99. The van der Waals surface area contributed by atoms with E-state index in [-0.39, 0.29) is 6.10 Å². The summed E-state index contributed by atoms with van der Waals surface area (Å²) in [6, 6.07) is 2.08. The number of fused-ring (bicyclic) bond motifs is 2. The van der Waals surface area contributed by atoms with Crippen molar-refractivity contribution in [2.24, 2.45) is 5.92 Å². The van der Waals surface area contributed by atoms with Gasteiger partial charge in [0.15, 0.2) is 0 Å². The van der Waals surface area contributed by atoms with Gasteiger partial charge in [-0.15, -0.1) is 0 Å². The second kappa shape index (κ2) is 7.43. The quantitative estimate of drug-likeness (QED) is 0.765. The van der Waals surface area contributed by atoms with Crippen LogP contribution in [0.15, 0.2) is 0 Å². The minimum Gasteiger partial charge on any atom is -0.393 e. The normalized spacial score (nSPS) is 41.1. The third-order valence-electron chi connectivity index (χ3n) is 6.12. The summed E-state index contributed by atoms with van der Waals surface area (Å²) in [5, 5.41) is 13.8. The Hall–Kier alpha value is -0.120. The Bertz CT molecular complexity index is 308. The lowest BCUT2D eigenvalue weighted by Gasteiger charge is -2.40. The van der Waals surface area contributed by atoms with E-state index < -0.39 is 0 Å². The Morgan fingerprint density at radius 1 is 1.00 bits per heavy atom. The molecule has 21 heavy (non-hydrogen) atoms. The average molecular weight is 294 g/mol. The molecule has 2 heterocycles. The van der Waals surface area contributed by atoms with Crippen molar-refractivity contribution in [1.82, 2.24) is 10.2 Å². The van der Waals surface area contributed by atoms with Crippen LogP contribution in [0.4, 0.5) is 0 Å². The lowest BCUT2D eigenvalue weighted by molar-refractivity contribution is 0.0227. The highest BCUT2D eigenvalue weighted by atomic mass is 16.3. The molecule has 4 atom stereocenters. The molecular weight excluding hydrogens is 260 g/mol. The monoisotopic (exact) mass is 294 g/mol. The van der Waals surface area contributed by atoms with Crippen molar-refractivity contribution in [3.8, 4) is 0 Å². The SMILES string of the molecule is CCCNC1CCCCCC1CN1C2CCC1CC(O)C2. The minimum atomic E-state index is -0.0260. The highest BCUT2D eigenvalue weighted by Crippen LogP contribution is 2.37. The van der Waals surface area contributed by atoms with Crippen LogP contribution in [0, 0.1) is 5.92 Å². The van der Waals surface area contributed by atoms with Crippen molar-refractivity contribution in [3.05, 3.63) is 0 Å². The number of aliphatic hydroxyl groups is 1. The topological polar surface area (TPSA) is 35.5 Å². The molecule has 0 aromatic heterocycles. The third-order valence-corrected chi connectivity index (χ3v) is 6.12. The van der Waals surface area contributed by atoms with Crippen LogP contribution in [0.5, 0.6) is 0 Å². The van der Waals surface area contributed by atoms with Gasteiger partial charge in [-0.2, -0.15) is 0 Å². The van der Waals surface area contributed by atoms with E-state index in [1.54, 1.807) is 0 Å². The first-order valence-electron chi connectivity index (χ1n) is 9.45. The third kappa shape index (κ3) is 3.80. The Morgan fingerprint density at radius 2 is 1.71 bits per heavy atom. The molecule has 3 rings (SSSR count). The molecule has 0 radical (unpaired) electrons. The zero-order valence-electron chi connectivity index (χ0n) is 13.8. The molecule has 2 aliphatic heterocycles. The molecule has 0 amide bonds. The fraction of sp³-hybridized carbons (Fsp3) is 1.00. The fourth-order valence-electron chi connectivity index (χ4n) is 5.02. The van der Waals surface area contributed by atoms with Crippen LogP contribution in [-0.2, 0) is 0 Å². The molecule has 1 saturated carbocycles. The van der Waals surface area contributed by atoms with Crippen molar-refractivity contribution < 1.29 is 5.11 Å². The standard InChI is InChI=1S/C18H34N2O/c1-2-10-19-18-7-5-3-4-6-14(18)13-20-15-8-9-16(20)12-17(21)11-15/h14-19,21H,2-13H2,1H3. The van der Waals surface area contributed by atoms with Gasteiger partial charge in [-0.05, 0) is 57.4 Å². The van der Waals surface area contributed by atoms with Gasteiger partial charge >= 0.3 is 0 Å². The first kappa shape index (κ1) is 15.8.